The lowest BCUT2D eigenvalue weighted by atomic mass is 9.75. The number of thiophene rings is 1. The molecule has 1 N–H and O–H groups in total. The van der Waals surface area contributed by atoms with E-state index in [4.69, 9.17) is 0 Å². The second kappa shape index (κ2) is 6.29. The smallest absolute Gasteiger partial charge is 0.123 e. The Bertz CT molecular complexity index is 584. The van der Waals surface area contributed by atoms with E-state index in [2.05, 4.69) is 31.3 Å². The van der Waals surface area contributed by atoms with Crippen LogP contribution in [0.15, 0.2) is 36.4 Å². The summed E-state index contributed by atoms with van der Waals surface area (Å²) in [5.41, 5.74) is 1.27. The van der Waals surface area contributed by atoms with Gasteiger partial charge in [-0.2, -0.15) is 0 Å². The highest BCUT2D eigenvalue weighted by atomic mass is 32.1. The Labute approximate surface area is 130 Å². The third kappa shape index (κ3) is 3.72. The maximum absolute atomic E-state index is 12.9. The summed E-state index contributed by atoms with van der Waals surface area (Å²) in [7, 11) is 0. The van der Waals surface area contributed by atoms with Gasteiger partial charge in [0.25, 0.3) is 0 Å². The van der Waals surface area contributed by atoms with Crippen LogP contribution in [0.4, 0.5) is 4.39 Å². The summed E-state index contributed by atoms with van der Waals surface area (Å²) < 4.78 is 12.9. The van der Waals surface area contributed by atoms with Crippen molar-refractivity contribution in [2.75, 3.05) is 0 Å². The molecule has 1 nitrogen and oxygen atoms in total. The van der Waals surface area contributed by atoms with Gasteiger partial charge in [-0.15, -0.1) is 11.3 Å². The first-order chi connectivity index (χ1) is 10.1. The van der Waals surface area contributed by atoms with Gasteiger partial charge in [-0.3, -0.25) is 0 Å². The normalized spacial score (nSPS) is 22.8. The lowest BCUT2D eigenvalue weighted by Crippen LogP contribution is -2.45. The number of rotatable bonds is 5. The van der Waals surface area contributed by atoms with Gasteiger partial charge in [-0.1, -0.05) is 12.1 Å². The minimum Gasteiger partial charge on any atom is -0.311 e. The van der Waals surface area contributed by atoms with Gasteiger partial charge in [0, 0.05) is 21.8 Å². The molecule has 3 heteroatoms. The first kappa shape index (κ1) is 14.7. The van der Waals surface area contributed by atoms with E-state index >= 15 is 0 Å². The van der Waals surface area contributed by atoms with Crippen LogP contribution in [0.5, 0.6) is 0 Å². The monoisotopic (exact) mass is 303 g/mol. The van der Waals surface area contributed by atoms with E-state index in [1.165, 1.54) is 28.2 Å². The van der Waals surface area contributed by atoms with Gasteiger partial charge in [-0.25, -0.2) is 4.39 Å². The van der Waals surface area contributed by atoms with Crippen LogP contribution in [0, 0.1) is 12.7 Å². The molecule has 1 atom stereocenters. The third-order valence-electron chi connectivity index (χ3n) is 4.30. The number of hydrogen-bond acceptors (Lipinski definition) is 2. The van der Waals surface area contributed by atoms with E-state index < -0.39 is 0 Å². The zero-order chi connectivity index (χ0) is 14.8. The minimum absolute atomic E-state index is 0.146. The topological polar surface area (TPSA) is 12.0 Å². The van der Waals surface area contributed by atoms with Gasteiger partial charge >= 0.3 is 0 Å². The standard InChI is InChI=1S/C18H22FNS/c1-12(9-18-8-3-13(2)21-18)20-17-10-15(11-17)14-4-6-16(19)7-5-14/h3-8,12,15,17,20H,9-11H2,1-2H3. The molecule has 1 heterocycles. The Morgan fingerprint density at radius 3 is 2.52 bits per heavy atom. The largest absolute Gasteiger partial charge is 0.311 e. The molecule has 0 spiro atoms. The molecule has 1 unspecified atom stereocenters. The van der Waals surface area contributed by atoms with E-state index in [0.29, 0.717) is 18.0 Å². The predicted molar refractivity (Wildman–Crippen MR) is 87.5 cm³/mol. The molecule has 2 aromatic rings. The van der Waals surface area contributed by atoms with E-state index in [-0.39, 0.29) is 5.82 Å². The summed E-state index contributed by atoms with van der Waals surface area (Å²) in [5, 5.41) is 3.72. The predicted octanol–water partition coefficient (Wildman–Crippen LogP) is 4.66. The van der Waals surface area contributed by atoms with Crippen LogP contribution in [0.3, 0.4) is 0 Å². The molecule has 1 aliphatic rings. The van der Waals surface area contributed by atoms with Gasteiger partial charge in [-0.05, 0) is 68.9 Å². The van der Waals surface area contributed by atoms with Crippen molar-refractivity contribution in [2.45, 2.75) is 51.1 Å². The number of aryl methyl sites for hydroxylation is 1. The van der Waals surface area contributed by atoms with E-state index in [9.17, 15) is 4.39 Å². The molecule has 112 valence electrons. The fourth-order valence-corrected chi connectivity index (χ4v) is 4.14. The number of nitrogens with one attached hydrogen (secondary N) is 1. The molecule has 0 amide bonds. The van der Waals surface area contributed by atoms with Crippen LogP contribution in [0.2, 0.25) is 0 Å². The second-order valence-electron chi connectivity index (χ2n) is 6.20. The van der Waals surface area contributed by atoms with E-state index in [1.54, 1.807) is 12.1 Å². The minimum atomic E-state index is -0.146. The van der Waals surface area contributed by atoms with Gasteiger partial charge in [0.1, 0.15) is 5.82 Å². The summed E-state index contributed by atoms with van der Waals surface area (Å²) in [5.74, 6) is 0.451. The molecule has 0 aliphatic heterocycles. The first-order valence-electron chi connectivity index (χ1n) is 7.67. The Kier molecular flexibility index (Phi) is 4.41. The fraction of sp³-hybridized carbons (Fsp3) is 0.444. The average Bonchev–Trinajstić information content (AvgIpc) is 2.80. The van der Waals surface area contributed by atoms with Gasteiger partial charge in [0.05, 0.1) is 0 Å². The van der Waals surface area contributed by atoms with Crippen LogP contribution in [0.25, 0.3) is 0 Å². The summed E-state index contributed by atoms with van der Waals surface area (Å²) in [6.45, 7) is 4.42. The van der Waals surface area contributed by atoms with Crippen molar-refractivity contribution in [2.24, 2.45) is 0 Å². The van der Waals surface area contributed by atoms with E-state index in [0.717, 1.165) is 6.42 Å². The molecule has 3 rings (SSSR count). The number of benzene rings is 1. The summed E-state index contributed by atoms with van der Waals surface area (Å²) in [6.07, 6.45) is 3.44. The summed E-state index contributed by atoms with van der Waals surface area (Å²) in [6, 6.07) is 12.5. The lowest BCUT2D eigenvalue weighted by Gasteiger charge is -2.38. The molecule has 0 bridgehead atoms. The first-order valence-corrected chi connectivity index (χ1v) is 8.48. The Hall–Kier alpha value is -1.19. The van der Waals surface area contributed by atoms with Crippen LogP contribution in [-0.4, -0.2) is 12.1 Å². The SMILES string of the molecule is Cc1ccc(CC(C)NC2CC(c3ccc(F)cc3)C2)s1. The molecule has 0 radical (unpaired) electrons. The van der Waals surface area contributed by atoms with Crippen molar-refractivity contribution in [1.29, 1.82) is 0 Å². The van der Waals surface area contributed by atoms with Crippen LogP contribution >= 0.6 is 11.3 Å². The maximum Gasteiger partial charge on any atom is 0.123 e. The zero-order valence-electron chi connectivity index (χ0n) is 12.6. The molecule has 1 aliphatic carbocycles. The molecular formula is C18H22FNS. The Morgan fingerprint density at radius 1 is 1.19 bits per heavy atom. The molecule has 1 saturated carbocycles. The molecular weight excluding hydrogens is 281 g/mol. The Balaban J connectivity index is 1.45. The molecule has 0 saturated heterocycles. The van der Waals surface area contributed by atoms with Crippen molar-refractivity contribution in [1.82, 2.24) is 5.32 Å². The molecule has 21 heavy (non-hydrogen) atoms. The molecule has 1 aromatic carbocycles. The highest BCUT2D eigenvalue weighted by molar-refractivity contribution is 7.11. The Morgan fingerprint density at radius 2 is 1.90 bits per heavy atom. The quantitative estimate of drug-likeness (QED) is 0.847. The fourth-order valence-electron chi connectivity index (χ4n) is 3.12. The maximum atomic E-state index is 12.9. The van der Waals surface area contributed by atoms with Crippen LogP contribution in [-0.2, 0) is 6.42 Å². The van der Waals surface area contributed by atoms with Crippen LogP contribution < -0.4 is 5.32 Å². The van der Waals surface area contributed by atoms with Crippen molar-refractivity contribution < 1.29 is 4.39 Å². The summed E-state index contributed by atoms with van der Waals surface area (Å²) in [4.78, 5) is 2.85. The summed E-state index contributed by atoms with van der Waals surface area (Å²) >= 11 is 1.89. The zero-order valence-corrected chi connectivity index (χ0v) is 13.4. The van der Waals surface area contributed by atoms with Crippen molar-refractivity contribution in [3.05, 3.63) is 57.5 Å². The average molecular weight is 303 g/mol. The number of hydrogen-bond donors (Lipinski definition) is 1. The molecule has 1 aromatic heterocycles. The van der Waals surface area contributed by atoms with E-state index in [1.807, 2.05) is 23.5 Å². The van der Waals surface area contributed by atoms with Crippen molar-refractivity contribution in [3.63, 3.8) is 0 Å². The van der Waals surface area contributed by atoms with Gasteiger partial charge in [0.15, 0.2) is 0 Å². The van der Waals surface area contributed by atoms with Crippen molar-refractivity contribution >= 4 is 11.3 Å². The lowest BCUT2D eigenvalue weighted by molar-refractivity contribution is 0.269. The highest BCUT2D eigenvalue weighted by Gasteiger charge is 2.30. The number of halogens is 1. The molecule has 1 fully saturated rings. The second-order valence-corrected chi connectivity index (χ2v) is 7.57. The highest BCUT2D eigenvalue weighted by Crippen LogP contribution is 2.37. The van der Waals surface area contributed by atoms with Crippen LogP contribution in [0.1, 0.15) is 41.0 Å². The van der Waals surface area contributed by atoms with Crippen molar-refractivity contribution in [3.8, 4) is 0 Å². The van der Waals surface area contributed by atoms with Gasteiger partial charge < -0.3 is 5.32 Å². The third-order valence-corrected chi connectivity index (χ3v) is 5.33. The van der Waals surface area contributed by atoms with Gasteiger partial charge in [0.2, 0.25) is 0 Å².